The zero-order valence-corrected chi connectivity index (χ0v) is 19.5. The molecule has 8 heteroatoms. The largest absolute Gasteiger partial charge is 0.497 e. The molecule has 0 atom stereocenters. The Morgan fingerprint density at radius 2 is 1.81 bits per heavy atom. The molecule has 4 rings (SSSR count). The molecule has 2 aromatic carbocycles. The molecule has 1 fully saturated rings. The summed E-state index contributed by atoms with van der Waals surface area (Å²) in [6.45, 7) is 6.65. The highest BCUT2D eigenvalue weighted by atomic mass is 32.2. The van der Waals surface area contributed by atoms with Crippen molar-refractivity contribution in [3.8, 4) is 11.4 Å². The van der Waals surface area contributed by atoms with Gasteiger partial charge in [-0.2, -0.15) is 0 Å². The summed E-state index contributed by atoms with van der Waals surface area (Å²) in [4.78, 5) is 15.0. The zero-order valence-electron chi connectivity index (χ0n) is 18.7. The van der Waals surface area contributed by atoms with Crippen LogP contribution in [0.2, 0.25) is 0 Å². The van der Waals surface area contributed by atoms with Crippen molar-refractivity contribution in [2.75, 3.05) is 33.4 Å². The number of benzene rings is 2. The summed E-state index contributed by atoms with van der Waals surface area (Å²) in [6, 6.07) is 15.7. The molecule has 7 nitrogen and oxygen atoms in total. The van der Waals surface area contributed by atoms with Crippen LogP contribution in [0.1, 0.15) is 41.5 Å². The van der Waals surface area contributed by atoms with Gasteiger partial charge in [-0.3, -0.25) is 9.36 Å². The van der Waals surface area contributed by atoms with Crippen LogP contribution in [0, 0.1) is 0 Å². The molecule has 0 radical (unpaired) electrons. The first kappa shape index (κ1) is 22.4. The quantitative estimate of drug-likeness (QED) is 0.501. The molecule has 0 N–H and O–H groups in total. The third-order valence-electron chi connectivity index (χ3n) is 5.41. The number of methoxy groups -OCH3 is 1. The van der Waals surface area contributed by atoms with Gasteiger partial charge < -0.3 is 14.4 Å². The van der Waals surface area contributed by atoms with Crippen LogP contribution >= 0.6 is 11.8 Å². The first-order chi connectivity index (χ1) is 15.6. The van der Waals surface area contributed by atoms with Crippen LogP contribution < -0.4 is 4.74 Å². The highest BCUT2D eigenvalue weighted by Gasteiger charge is 2.22. The fourth-order valence-corrected chi connectivity index (χ4v) is 4.62. The third-order valence-corrected chi connectivity index (χ3v) is 6.39. The Bertz CT molecular complexity index is 1060. The molecule has 2 heterocycles. The molecule has 3 aromatic rings. The maximum Gasteiger partial charge on any atom is 0.254 e. The van der Waals surface area contributed by atoms with E-state index in [9.17, 15) is 4.79 Å². The Hall–Kier alpha value is -2.84. The van der Waals surface area contributed by atoms with Gasteiger partial charge in [-0.05, 0) is 35.9 Å². The van der Waals surface area contributed by atoms with Gasteiger partial charge in [0.15, 0.2) is 5.16 Å². The van der Waals surface area contributed by atoms with Crippen molar-refractivity contribution in [2.24, 2.45) is 0 Å². The van der Waals surface area contributed by atoms with E-state index in [0.717, 1.165) is 33.5 Å². The van der Waals surface area contributed by atoms with E-state index in [1.54, 1.807) is 18.9 Å². The maximum absolute atomic E-state index is 13.1. The van der Waals surface area contributed by atoms with Gasteiger partial charge >= 0.3 is 0 Å². The van der Waals surface area contributed by atoms with E-state index >= 15 is 0 Å². The molecule has 1 saturated heterocycles. The number of ether oxygens (including phenoxy) is 2. The number of thioether (sulfide) groups is 1. The molecular weight excluding hydrogens is 424 g/mol. The number of morpholine rings is 1. The number of hydrogen-bond acceptors (Lipinski definition) is 6. The maximum atomic E-state index is 13.1. The third kappa shape index (κ3) is 4.81. The van der Waals surface area contributed by atoms with Crippen molar-refractivity contribution in [2.45, 2.75) is 30.7 Å². The van der Waals surface area contributed by atoms with E-state index in [2.05, 4.69) is 28.6 Å². The average molecular weight is 453 g/mol. The number of nitrogens with zero attached hydrogens (tertiary/aromatic N) is 4. The summed E-state index contributed by atoms with van der Waals surface area (Å²) in [6.07, 6.45) is 0. The van der Waals surface area contributed by atoms with Gasteiger partial charge in [0.2, 0.25) is 0 Å². The summed E-state index contributed by atoms with van der Waals surface area (Å²) < 4.78 is 12.8. The number of aromatic nitrogens is 3. The van der Waals surface area contributed by atoms with E-state index in [1.165, 1.54) is 0 Å². The minimum atomic E-state index is 0.0593. The summed E-state index contributed by atoms with van der Waals surface area (Å²) in [5.74, 6) is 2.60. The first-order valence-electron chi connectivity index (χ1n) is 10.8. The molecule has 32 heavy (non-hydrogen) atoms. The molecule has 1 aliphatic heterocycles. The lowest BCUT2D eigenvalue weighted by Crippen LogP contribution is -2.41. The van der Waals surface area contributed by atoms with Gasteiger partial charge in [0.05, 0.1) is 20.3 Å². The standard InChI is InChI=1S/C24H28N4O3S/c1-17(2)22-25-26-24(28(22)19-8-10-20(30-3)11-9-19)32-16-18-6-4-5-7-21(18)23(29)27-12-14-31-15-13-27/h4-11,17H,12-16H2,1-3H3. The van der Waals surface area contributed by atoms with Crippen molar-refractivity contribution in [1.82, 2.24) is 19.7 Å². The Morgan fingerprint density at radius 3 is 2.50 bits per heavy atom. The minimum Gasteiger partial charge on any atom is -0.497 e. The second-order valence-corrected chi connectivity index (χ2v) is 8.82. The van der Waals surface area contributed by atoms with Gasteiger partial charge in [-0.25, -0.2) is 0 Å². The van der Waals surface area contributed by atoms with E-state index in [0.29, 0.717) is 32.1 Å². The fourth-order valence-electron chi connectivity index (χ4n) is 3.66. The number of rotatable bonds is 7. The first-order valence-corrected chi connectivity index (χ1v) is 11.7. The van der Waals surface area contributed by atoms with Crippen LogP contribution in [0.5, 0.6) is 5.75 Å². The molecule has 1 amide bonds. The lowest BCUT2D eigenvalue weighted by atomic mass is 10.1. The molecule has 0 spiro atoms. The lowest BCUT2D eigenvalue weighted by molar-refractivity contribution is 0.0302. The number of carbonyl (C=O) groups excluding carboxylic acids is 1. The van der Waals surface area contributed by atoms with Crippen LogP contribution in [0.15, 0.2) is 53.7 Å². The van der Waals surface area contributed by atoms with Gasteiger partial charge in [0.1, 0.15) is 11.6 Å². The van der Waals surface area contributed by atoms with Crippen molar-refractivity contribution >= 4 is 17.7 Å². The van der Waals surface area contributed by atoms with E-state index in [1.807, 2.05) is 53.4 Å². The Balaban J connectivity index is 1.59. The van der Waals surface area contributed by atoms with Crippen molar-refractivity contribution < 1.29 is 14.3 Å². The summed E-state index contributed by atoms with van der Waals surface area (Å²) in [5, 5.41) is 9.72. The average Bonchev–Trinajstić information content (AvgIpc) is 3.27. The molecule has 168 valence electrons. The molecule has 0 aliphatic carbocycles. The second-order valence-electron chi connectivity index (χ2n) is 7.88. The number of amides is 1. The smallest absolute Gasteiger partial charge is 0.254 e. The van der Waals surface area contributed by atoms with E-state index < -0.39 is 0 Å². The SMILES string of the molecule is COc1ccc(-n2c(SCc3ccccc3C(=O)N3CCOCC3)nnc2C(C)C)cc1. The Labute approximate surface area is 192 Å². The van der Waals surface area contributed by atoms with Gasteiger partial charge in [-0.1, -0.05) is 43.8 Å². The summed E-state index contributed by atoms with van der Waals surface area (Å²) >= 11 is 1.58. The molecule has 0 unspecified atom stereocenters. The predicted octanol–water partition coefficient (Wildman–Crippen LogP) is 4.16. The molecule has 0 saturated carbocycles. The predicted molar refractivity (Wildman–Crippen MR) is 125 cm³/mol. The molecule has 1 aromatic heterocycles. The highest BCUT2D eigenvalue weighted by molar-refractivity contribution is 7.98. The summed E-state index contributed by atoms with van der Waals surface area (Å²) in [7, 11) is 1.66. The minimum absolute atomic E-state index is 0.0593. The highest BCUT2D eigenvalue weighted by Crippen LogP contribution is 2.30. The topological polar surface area (TPSA) is 69.5 Å². The zero-order chi connectivity index (χ0) is 22.5. The summed E-state index contributed by atoms with van der Waals surface area (Å²) in [5.41, 5.74) is 2.71. The van der Waals surface area contributed by atoms with Crippen molar-refractivity contribution in [3.05, 3.63) is 65.5 Å². The van der Waals surface area contributed by atoms with Crippen LogP contribution in [-0.4, -0.2) is 59.0 Å². The normalized spacial score (nSPS) is 14.1. The van der Waals surface area contributed by atoms with Crippen molar-refractivity contribution in [3.63, 3.8) is 0 Å². The molecule has 0 bridgehead atoms. The van der Waals surface area contributed by atoms with Gasteiger partial charge in [0, 0.05) is 36.0 Å². The molecule has 1 aliphatic rings. The monoisotopic (exact) mass is 452 g/mol. The van der Waals surface area contributed by atoms with Crippen LogP contribution in [0.25, 0.3) is 5.69 Å². The molecular formula is C24H28N4O3S. The lowest BCUT2D eigenvalue weighted by Gasteiger charge is -2.27. The second kappa shape index (κ2) is 10.2. The van der Waals surface area contributed by atoms with Gasteiger partial charge in [0.25, 0.3) is 5.91 Å². The Morgan fingerprint density at radius 1 is 1.09 bits per heavy atom. The van der Waals surface area contributed by atoms with E-state index in [4.69, 9.17) is 9.47 Å². The number of carbonyl (C=O) groups is 1. The van der Waals surface area contributed by atoms with Crippen LogP contribution in [0.3, 0.4) is 0 Å². The van der Waals surface area contributed by atoms with Crippen LogP contribution in [0.4, 0.5) is 0 Å². The number of hydrogen-bond donors (Lipinski definition) is 0. The van der Waals surface area contributed by atoms with Crippen molar-refractivity contribution in [1.29, 1.82) is 0 Å². The Kier molecular flexibility index (Phi) is 7.12. The van der Waals surface area contributed by atoms with Crippen LogP contribution in [-0.2, 0) is 10.5 Å². The fraction of sp³-hybridized carbons (Fsp3) is 0.375. The van der Waals surface area contributed by atoms with E-state index in [-0.39, 0.29) is 11.8 Å². The van der Waals surface area contributed by atoms with Gasteiger partial charge in [-0.15, -0.1) is 10.2 Å².